The number of allylic oxidation sites excluding steroid dienone is 34. The first-order valence-electron chi connectivity index (χ1n) is 32.6. The summed E-state index contributed by atoms with van der Waals surface area (Å²) in [4.78, 5) is 24.6. The highest BCUT2D eigenvalue weighted by Crippen LogP contribution is 2.14. The fourth-order valence-electron chi connectivity index (χ4n) is 8.27. The molecule has 0 aromatic heterocycles. The van der Waals surface area contributed by atoms with Gasteiger partial charge in [-0.1, -0.05) is 291 Å². The molecule has 0 amide bonds. The summed E-state index contributed by atoms with van der Waals surface area (Å²) in [6, 6.07) is 0. The lowest BCUT2D eigenvalue weighted by Crippen LogP contribution is -2.28. The highest BCUT2D eigenvalue weighted by molar-refractivity contribution is 5.70. The predicted molar refractivity (Wildman–Crippen MR) is 361 cm³/mol. The summed E-state index contributed by atoms with van der Waals surface area (Å²) in [5.41, 5.74) is 0. The van der Waals surface area contributed by atoms with Crippen LogP contribution in [0.15, 0.2) is 207 Å². The molecule has 0 fully saturated rings. The molecule has 82 heavy (non-hydrogen) atoms. The summed E-state index contributed by atoms with van der Waals surface area (Å²) in [5, 5.41) is 9.69. The van der Waals surface area contributed by atoms with E-state index in [1.54, 1.807) is 0 Å². The maximum atomic E-state index is 12.3. The van der Waals surface area contributed by atoms with E-state index in [0.29, 0.717) is 12.8 Å². The van der Waals surface area contributed by atoms with E-state index in [0.717, 1.165) is 161 Å². The molecule has 0 aliphatic rings. The van der Waals surface area contributed by atoms with Crippen LogP contribution in [0.2, 0.25) is 0 Å². The lowest BCUT2D eigenvalue weighted by atomic mass is 10.1. The second-order valence-electron chi connectivity index (χ2n) is 20.7. The van der Waals surface area contributed by atoms with E-state index in [1.165, 1.54) is 57.8 Å². The Kier molecular flexibility index (Phi) is 65.1. The first-order chi connectivity index (χ1) is 40.6. The molecule has 1 N–H and O–H groups in total. The van der Waals surface area contributed by atoms with Crippen LogP contribution in [-0.4, -0.2) is 36.4 Å². The summed E-state index contributed by atoms with van der Waals surface area (Å²) in [5.74, 6) is -0.627. The molecule has 1 atom stereocenters. The smallest absolute Gasteiger partial charge is 0.306 e. The molecule has 0 aromatic carbocycles. The standard InChI is InChI=1S/C77H118O5/c1-3-5-7-9-11-13-15-17-19-21-23-25-27-29-31-32-33-34-35-36-37-38-39-40-41-42-43-44-46-48-50-52-54-56-58-60-62-64-66-68-70-72-77(80)82-75(73-78)74-81-76(79)71-69-67-65-63-61-59-57-55-53-51-49-47-45-30-28-26-24-22-20-18-16-14-12-10-8-6-4-2/h5-8,11-14,17-20,23-26,29-31,33-34,36-37,39-40,42-43,45-46,48-49,51-52,54,75,78H,3-4,9-10,15-16,21-22,27-28,32,35,38,41,44,47,50,53,55-74H2,1-2H3/b7-5-,8-6-,13-11-,14-12-,19-17-,20-18-,25-23-,26-24-,31-29-,34-33-,37-36-,40-39-,43-42-,45-30-,48-46-,51-49-,54-52-. The SMILES string of the molecule is CC/C=C\C/C=C\C/C=C\C/C=C\C/C=C\C/C=C\C/C=C\C/C=C\C/C=C\C/C=C\C/C=C\CCCCCCCCCC(=O)OC(CO)COC(=O)CCCCCCCCCC/C=C\C/C=C\C/C=C\C/C=C\C/C=C\C/C=C\CC. The van der Waals surface area contributed by atoms with Crippen LogP contribution in [0.25, 0.3) is 0 Å². The van der Waals surface area contributed by atoms with E-state index < -0.39 is 6.10 Å². The van der Waals surface area contributed by atoms with Gasteiger partial charge in [-0.3, -0.25) is 9.59 Å². The molecular weight excluding hydrogens is 1000 g/mol. The minimum atomic E-state index is -0.800. The number of carbonyl (C=O) groups is 2. The average Bonchev–Trinajstić information content (AvgIpc) is 3.49. The van der Waals surface area contributed by atoms with Crippen LogP contribution in [0.3, 0.4) is 0 Å². The van der Waals surface area contributed by atoms with Crippen LogP contribution in [0, 0.1) is 0 Å². The zero-order valence-electron chi connectivity index (χ0n) is 52.2. The zero-order valence-corrected chi connectivity index (χ0v) is 52.2. The Bertz CT molecular complexity index is 1950. The molecule has 0 saturated heterocycles. The average molecular weight is 1120 g/mol. The van der Waals surface area contributed by atoms with E-state index in [9.17, 15) is 14.7 Å². The third-order valence-corrected chi connectivity index (χ3v) is 13.1. The van der Waals surface area contributed by atoms with Crippen molar-refractivity contribution >= 4 is 11.9 Å². The number of aliphatic hydroxyl groups is 1. The Morgan fingerprint density at radius 2 is 0.488 bits per heavy atom. The lowest BCUT2D eigenvalue weighted by Gasteiger charge is -2.15. The molecule has 0 radical (unpaired) electrons. The number of carbonyl (C=O) groups excluding carboxylic acids is 2. The molecular formula is C77H118O5. The van der Waals surface area contributed by atoms with Crippen LogP contribution in [0.1, 0.15) is 245 Å². The van der Waals surface area contributed by atoms with Crippen molar-refractivity contribution in [2.24, 2.45) is 0 Å². The molecule has 1 unspecified atom stereocenters. The summed E-state index contributed by atoms with van der Waals surface area (Å²) in [6.45, 7) is 3.89. The quantitative estimate of drug-likeness (QED) is 0.0373. The van der Waals surface area contributed by atoms with Crippen molar-refractivity contribution in [2.75, 3.05) is 13.2 Å². The van der Waals surface area contributed by atoms with Crippen LogP contribution in [0.4, 0.5) is 0 Å². The fourth-order valence-corrected chi connectivity index (χ4v) is 8.27. The lowest BCUT2D eigenvalue weighted by molar-refractivity contribution is -0.161. The molecule has 5 nitrogen and oxygen atoms in total. The number of rotatable bonds is 57. The Labute approximate surface area is 504 Å². The van der Waals surface area contributed by atoms with Crippen LogP contribution >= 0.6 is 0 Å². The number of unbranched alkanes of at least 4 members (excludes halogenated alkanes) is 15. The fraction of sp³-hybridized carbons (Fsp3) is 0.532. The van der Waals surface area contributed by atoms with Gasteiger partial charge in [-0.2, -0.15) is 0 Å². The van der Waals surface area contributed by atoms with Gasteiger partial charge in [0.05, 0.1) is 6.61 Å². The van der Waals surface area contributed by atoms with Gasteiger partial charge in [0, 0.05) is 12.8 Å². The summed E-state index contributed by atoms with van der Waals surface area (Å²) in [7, 11) is 0. The predicted octanol–water partition coefficient (Wildman–Crippen LogP) is 23.0. The molecule has 0 aromatic rings. The van der Waals surface area contributed by atoms with Crippen molar-refractivity contribution in [3.05, 3.63) is 207 Å². The minimum absolute atomic E-state index is 0.0883. The molecule has 0 heterocycles. The number of hydrogen-bond donors (Lipinski definition) is 1. The first kappa shape index (κ1) is 76.5. The van der Waals surface area contributed by atoms with E-state index >= 15 is 0 Å². The zero-order chi connectivity index (χ0) is 59.1. The highest BCUT2D eigenvalue weighted by Gasteiger charge is 2.16. The van der Waals surface area contributed by atoms with Crippen LogP contribution in [-0.2, 0) is 19.1 Å². The van der Waals surface area contributed by atoms with Crippen molar-refractivity contribution in [1.29, 1.82) is 0 Å². The normalized spacial score (nSPS) is 13.6. The number of esters is 2. The maximum absolute atomic E-state index is 12.3. The van der Waals surface area contributed by atoms with E-state index in [-0.39, 0.29) is 25.2 Å². The minimum Gasteiger partial charge on any atom is -0.462 e. The maximum Gasteiger partial charge on any atom is 0.306 e. The van der Waals surface area contributed by atoms with Gasteiger partial charge in [-0.05, 0) is 148 Å². The van der Waals surface area contributed by atoms with Crippen molar-refractivity contribution in [3.63, 3.8) is 0 Å². The van der Waals surface area contributed by atoms with Crippen LogP contribution < -0.4 is 0 Å². The Morgan fingerprint density at radius 1 is 0.280 bits per heavy atom. The third-order valence-electron chi connectivity index (χ3n) is 13.1. The molecule has 0 aliphatic heterocycles. The molecule has 0 bridgehead atoms. The highest BCUT2D eigenvalue weighted by atomic mass is 16.6. The summed E-state index contributed by atoms with van der Waals surface area (Å²) >= 11 is 0. The molecule has 0 saturated carbocycles. The Hall–Kier alpha value is -5.52. The molecule has 0 aliphatic carbocycles. The van der Waals surface area contributed by atoms with Crippen LogP contribution in [0.5, 0.6) is 0 Å². The molecule has 0 rings (SSSR count). The van der Waals surface area contributed by atoms with Gasteiger partial charge in [0.2, 0.25) is 0 Å². The van der Waals surface area contributed by atoms with Gasteiger partial charge >= 0.3 is 11.9 Å². The number of aliphatic hydroxyl groups excluding tert-OH is 1. The number of ether oxygens (including phenoxy) is 2. The molecule has 456 valence electrons. The van der Waals surface area contributed by atoms with Gasteiger partial charge in [0.25, 0.3) is 0 Å². The van der Waals surface area contributed by atoms with Gasteiger partial charge in [0.15, 0.2) is 6.10 Å². The van der Waals surface area contributed by atoms with E-state index in [2.05, 4.69) is 220 Å². The van der Waals surface area contributed by atoms with Gasteiger partial charge in [0.1, 0.15) is 6.61 Å². The summed E-state index contributed by atoms with van der Waals surface area (Å²) < 4.78 is 10.7. The van der Waals surface area contributed by atoms with Gasteiger partial charge in [-0.15, -0.1) is 0 Å². The topological polar surface area (TPSA) is 72.8 Å². The summed E-state index contributed by atoms with van der Waals surface area (Å²) in [6.07, 6.45) is 112. The van der Waals surface area contributed by atoms with Gasteiger partial charge in [-0.25, -0.2) is 0 Å². The number of hydrogen-bond acceptors (Lipinski definition) is 5. The second-order valence-corrected chi connectivity index (χ2v) is 20.7. The van der Waals surface area contributed by atoms with Crippen molar-refractivity contribution in [3.8, 4) is 0 Å². The van der Waals surface area contributed by atoms with Crippen molar-refractivity contribution in [1.82, 2.24) is 0 Å². The van der Waals surface area contributed by atoms with E-state index in [1.807, 2.05) is 0 Å². The Morgan fingerprint density at radius 3 is 0.732 bits per heavy atom. The monoisotopic (exact) mass is 1120 g/mol. The van der Waals surface area contributed by atoms with Crippen molar-refractivity contribution in [2.45, 2.75) is 251 Å². The van der Waals surface area contributed by atoms with Crippen molar-refractivity contribution < 1.29 is 24.2 Å². The first-order valence-corrected chi connectivity index (χ1v) is 32.6. The van der Waals surface area contributed by atoms with Gasteiger partial charge < -0.3 is 14.6 Å². The third kappa shape index (κ3) is 67.0. The Balaban J connectivity index is 3.65. The van der Waals surface area contributed by atoms with E-state index in [4.69, 9.17) is 9.47 Å². The second kappa shape index (κ2) is 69.7. The molecule has 5 heteroatoms. The molecule has 0 spiro atoms. The largest absolute Gasteiger partial charge is 0.462 e.